The molecule has 0 radical (unpaired) electrons. The van der Waals surface area contributed by atoms with Crippen LogP contribution in [0.15, 0.2) is 55.2 Å². The fraction of sp³-hybridized carbons (Fsp3) is 0.0556. The maximum absolute atomic E-state index is 12.4. The first kappa shape index (κ1) is 14.2. The van der Waals surface area contributed by atoms with Crippen LogP contribution in [0.25, 0.3) is 16.6 Å². The van der Waals surface area contributed by atoms with Gasteiger partial charge in [-0.15, -0.1) is 0 Å². The van der Waals surface area contributed by atoms with E-state index in [0.29, 0.717) is 16.9 Å². The van der Waals surface area contributed by atoms with Crippen molar-refractivity contribution in [3.63, 3.8) is 0 Å². The van der Waals surface area contributed by atoms with Crippen LogP contribution in [0.3, 0.4) is 0 Å². The van der Waals surface area contributed by atoms with Gasteiger partial charge in [0, 0.05) is 27.9 Å². The molecule has 24 heavy (non-hydrogen) atoms. The monoisotopic (exact) mass is 318 g/mol. The van der Waals surface area contributed by atoms with Gasteiger partial charge in [0.15, 0.2) is 0 Å². The molecule has 0 saturated carbocycles. The number of benzene rings is 2. The van der Waals surface area contributed by atoms with E-state index in [0.717, 1.165) is 16.5 Å². The number of aromatic amines is 1. The van der Waals surface area contributed by atoms with Crippen LogP contribution in [-0.2, 0) is 4.79 Å². The standard InChI is InChI=1S/C18H14N4O2/c1-11-14-4-2-3-5-15(14)18(24)22(11)10-17(23)20-13-6-7-16-12(8-13)9-19-21-16/h2-9H,1,10H2,(H,19,21)(H,20,23). The minimum Gasteiger partial charge on any atom is -0.325 e. The van der Waals surface area contributed by atoms with Gasteiger partial charge in [-0.3, -0.25) is 19.6 Å². The number of hydrogen-bond acceptors (Lipinski definition) is 3. The summed E-state index contributed by atoms with van der Waals surface area (Å²) in [5.74, 6) is -0.476. The van der Waals surface area contributed by atoms with Crippen LogP contribution in [-0.4, -0.2) is 33.5 Å². The van der Waals surface area contributed by atoms with E-state index >= 15 is 0 Å². The molecule has 1 aromatic heterocycles. The zero-order valence-corrected chi connectivity index (χ0v) is 12.7. The fourth-order valence-electron chi connectivity index (χ4n) is 2.87. The molecule has 1 aliphatic rings. The third-order valence-electron chi connectivity index (χ3n) is 4.07. The van der Waals surface area contributed by atoms with Gasteiger partial charge in [-0.05, 0) is 24.3 Å². The molecule has 4 rings (SSSR count). The van der Waals surface area contributed by atoms with E-state index in [-0.39, 0.29) is 18.4 Å². The van der Waals surface area contributed by atoms with Crippen molar-refractivity contribution < 1.29 is 9.59 Å². The van der Waals surface area contributed by atoms with E-state index in [1.165, 1.54) is 4.90 Å². The van der Waals surface area contributed by atoms with Crippen LogP contribution in [0.5, 0.6) is 0 Å². The zero-order chi connectivity index (χ0) is 16.7. The van der Waals surface area contributed by atoms with Gasteiger partial charge in [0.05, 0.1) is 11.7 Å². The molecule has 6 nitrogen and oxygen atoms in total. The van der Waals surface area contributed by atoms with Gasteiger partial charge >= 0.3 is 0 Å². The highest BCUT2D eigenvalue weighted by molar-refractivity contribution is 6.11. The Bertz CT molecular complexity index is 954. The van der Waals surface area contributed by atoms with Gasteiger partial charge < -0.3 is 5.32 Å². The van der Waals surface area contributed by atoms with Crippen LogP contribution in [0.2, 0.25) is 0 Å². The Balaban J connectivity index is 1.50. The quantitative estimate of drug-likeness (QED) is 0.779. The molecule has 0 fully saturated rings. The second-order valence-corrected chi connectivity index (χ2v) is 5.60. The molecular weight excluding hydrogens is 304 g/mol. The number of amides is 2. The summed E-state index contributed by atoms with van der Waals surface area (Å²) in [6.45, 7) is 3.86. The number of rotatable bonds is 3. The first-order chi connectivity index (χ1) is 11.6. The van der Waals surface area contributed by atoms with E-state index < -0.39 is 0 Å². The maximum Gasteiger partial charge on any atom is 0.259 e. The largest absolute Gasteiger partial charge is 0.325 e. The van der Waals surface area contributed by atoms with Crippen molar-refractivity contribution in [2.24, 2.45) is 0 Å². The molecular formula is C18H14N4O2. The molecule has 0 bridgehead atoms. The van der Waals surface area contributed by atoms with Crippen LogP contribution >= 0.6 is 0 Å². The molecule has 6 heteroatoms. The summed E-state index contributed by atoms with van der Waals surface area (Å²) < 4.78 is 0. The van der Waals surface area contributed by atoms with E-state index in [1.54, 1.807) is 24.4 Å². The Labute approximate surface area is 137 Å². The minimum atomic E-state index is -0.278. The lowest BCUT2D eigenvalue weighted by Gasteiger charge is -2.17. The second-order valence-electron chi connectivity index (χ2n) is 5.60. The second kappa shape index (κ2) is 5.34. The number of fused-ring (bicyclic) bond motifs is 2. The van der Waals surface area contributed by atoms with Gasteiger partial charge in [-0.1, -0.05) is 24.8 Å². The Morgan fingerprint density at radius 3 is 2.79 bits per heavy atom. The van der Waals surface area contributed by atoms with Crippen molar-refractivity contribution in [1.82, 2.24) is 15.1 Å². The fourth-order valence-corrected chi connectivity index (χ4v) is 2.87. The van der Waals surface area contributed by atoms with Gasteiger partial charge in [-0.25, -0.2) is 0 Å². The molecule has 2 aromatic carbocycles. The Morgan fingerprint density at radius 2 is 2.00 bits per heavy atom. The summed E-state index contributed by atoms with van der Waals surface area (Å²) in [5, 5.41) is 10.5. The smallest absolute Gasteiger partial charge is 0.259 e. The van der Waals surface area contributed by atoms with Gasteiger partial charge in [0.2, 0.25) is 5.91 Å². The molecule has 2 N–H and O–H groups in total. The van der Waals surface area contributed by atoms with Gasteiger partial charge in [0.1, 0.15) is 6.54 Å². The highest BCUT2D eigenvalue weighted by Crippen LogP contribution is 2.30. The molecule has 0 saturated heterocycles. The van der Waals surface area contributed by atoms with Gasteiger partial charge in [0.25, 0.3) is 5.91 Å². The topological polar surface area (TPSA) is 78.1 Å². The Hall–Kier alpha value is -3.41. The molecule has 0 unspecified atom stereocenters. The summed E-state index contributed by atoms with van der Waals surface area (Å²) in [6, 6.07) is 12.7. The lowest BCUT2D eigenvalue weighted by molar-refractivity contribution is -0.116. The van der Waals surface area contributed by atoms with Crippen molar-refractivity contribution >= 4 is 34.1 Å². The van der Waals surface area contributed by atoms with Gasteiger partial charge in [-0.2, -0.15) is 5.10 Å². The van der Waals surface area contributed by atoms with Crippen LogP contribution in [0.4, 0.5) is 5.69 Å². The van der Waals surface area contributed by atoms with Crippen molar-refractivity contribution in [1.29, 1.82) is 0 Å². The molecule has 1 aliphatic heterocycles. The number of H-pyrrole nitrogens is 1. The molecule has 2 amide bonds. The third kappa shape index (κ3) is 2.25. The number of nitrogens with one attached hydrogen (secondary N) is 2. The molecule has 0 aliphatic carbocycles. The molecule has 3 aromatic rings. The lowest BCUT2D eigenvalue weighted by atomic mass is 10.1. The number of aromatic nitrogens is 2. The maximum atomic E-state index is 12.4. The summed E-state index contributed by atoms with van der Waals surface area (Å²) in [7, 11) is 0. The van der Waals surface area contributed by atoms with E-state index in [1.807, 2.05) is 24.3 Å². The van der Waals surface area contributed by atoms with Crippen LogP contribution < -0.4 is 5.32 Å². The normalized spacial score (nSPS) is 13.4. The van der Waals surface area contributed by atoms with Crippen molar-refractivity contribution in [3.05, 3.63) is 66.4 Å². The third-order valence-corrected chi connectivity index (χ3v) is 4.07. The number of anilines is 1. The zero-order valence-electron chi connectivity index (χ0n) is 12.7. The molecule has 0 atom stereocenters. The molecule has 118 valence electrons. The van der Waals surface area contributed by atoms with Crippen LogP contribution in [0, 0.1) is 0 Å². The predicted octanol–water partition coefficient (Wildman–Crippen LogP) is 2.63. The van der Waals surface area contributed by atoms with Crippen molar-refractivity contribution in [2.45, 2.75) is 0 Å². The van der Waals surface area contributed by atoms with E-state index in [2.05, 4.69) is 22.1 Å². The highest BCUT2D eigenvalue weighted by atomic mass is 16.2. The first-order valence-corrected chi connectivity index (χ1v) is 7.46. The number of hydrogen-bond donors (Lipinski definition) is 2. The Morgan fingerprint density at radius 1 is 1.21 bits per heavy atom. The summed E-state index contributed by atoms with van der Waals surface area (Å²) >= 11 is 0. The van der Waals surface area contributed by atoms with Crippen molar-refractivity contribution in [3.8, 4) is 0 Å². The SMILES string of the molecule is C=C1c2ccccc2C(=O)N1CC(=O)Nc1ccc2[nH]ncc2c1. The van der Waals surface area contributed by atoms with E-state index in [9.17, 15) is 9.59 Å². The van der Waals surface area contributed by atoms with Crippen molar-refractivity contribution in [2.75, 3.05) is 11.9 Å². The average molecular weight is 318 g/mol. The highest BCUT2D eigenvalue weighted by Gasteiger charge is 2.31. The summed E-state index contributed by atoms with van der Waals surface area (Å²) in [5.41, 5.74) is 3.46. The predicted molar refractivity (Wildman–Crippen MR) is 91.2 cm³/mol. The number of carbonyl (C=O) groups is 2. The number of nitrogens with zero attached hydrogens (tertiary/aromatic N) is 2. The summed E-state index contributed by atoms with van der Waals surface area (Å²) in [6.07, 6.45) is 1.69. The van der Waals surface area contributed by atoms with E-state index in [4.69, 9.17) is 0 Å². The average Bonchev–Trinajstić information content (AvgIpc) is 3.14. The Kier molecular flexibility index (Phi) is 3.16. The first-order valence-electron chi connectivity index (χ1n) is 7.46. The molecule has 2 heterocycles. The summed E-state index contributed by atoms with van der Waals surface area (Å²) in [4.78, 5) is 26.1. The lowest BCUT2D eigenvalue weighted by Crippen LogP contribution is -2.32. The molecule has 0 spiro atoms. The van der Waals surface area contributed by atoms with Crippen LogP contribution in [0.1, 0.15) is 15.9 Å². The number of carbonyl (C=O) groups excluding carboxylic acids is 2. The minimum absolute atomic E-state index is 0.0736.